The van der Waals surface area contributed by atoms with Crippen molar-refractivity contribution in [2.75, 3.05) is 34.4 Å². The van der Waals surface area contributed by atoms with E-state index in [0.717, 1.165) is 17.4 Å². The molecule has 190 valence electrons. The Morgan fingerprint density at radius 3 is 2.46 bits per heavy atom. The third-order valence-corrected chi connectivity index (χ3v) is 8.01. The molecule has 1 amide bonds. The van der Waals surface area contributed by atoms with Crippen LogP contribution >= 0.6 is 11.6 Å². The molecule has 0 saturated carbocycles. The van der Waals surface area contributed by atoms with E-state index in [1.165, 1.54) is 11.1 Å². The molecule has 3 aromatic rings. The predicted molar refractivity (Wildman–Crippen MR) is 139 cm³/mol. The number of halogens is 4. The largest absolute Gasteiger partial charge is 0.416 e. The Morgan fingerprint density at radius 1 is 0.973 bits per heavy atom. The number of hydrogen-bond donors (Lipinski definition) is 0. The van der Waals surface area contributed by atoms with Gasteiger partial charge < -0.3 is 9.80 Å². The third-order valence-electron chi connectivity index (χ3n) is 7.78. The zero-order valence-corrected chi connectivity index (χ0v) is 20.8. The summed E-state index contributed by atoms with van der Waals surface area (Å²) in [4.78, 5) is 18.6. The van der Waals surface area contributed by atoms with Gasteiger partial charge in [0.2, 0.25) is 0 Å². The maximum atomic E-state index is 14.3. The number of carbonyl (C=O) groups is 1. The highest BCUT2D eigenvalue weighted by atomic mass is 35.5. The lowest BCUT2D eigenvalue weighted by atomic mass is 9.67. The fourth-order valence-corrected chi connectivity index (χ4v) is 6.15. The second-order valence-electron chi connectivity index (χ2n) is 9.76. The van der Waals surface area contributed by atoms with Crippen molar-refractivity contribution in [3.8, 4) is 0 Å². The molecule has 2 unspecified atom stereocenters. The van der Waals surface area contributed by atoms with Gasteiger partial charge >= 0.3 is 6.18 Å². The highest BCUT2D eigenvalue weighted by molar-refractivity contribution is 6.30. The number of rotatable bonds is 2. The molecule has 5 nitrogen and oxygen atoms in total. The van der Waals surface area contributed by atoms with Gasteiger partial charge in [-0.25, -0.2) is 0 Å². The number of amides is 1. The molecule has 2 atom stereocenters. The average molecular weight is 525 g/mol. The first-order valence-corrected chi connectivity index (χ1v) is 12.5. The van der Waals surface area contributed by atoms with Crippen LogP contribution in [-0.2, 0) is 17.4 Å². The standard InChI is InChI=1S/C28H24ClF3N4O/c1-18-27(26(37)36(33-18)22-7-3-2-4-8-22)16-19-14-20(28(30,31)32)10-11-24(19)35-13-12-34(17-25(27)35)23-9-5-6-21(29)15-23/h2-11,14-15,25H,12-13,16-17H2,1H3. The maximum Gasteiger partial charge on any atom is 0.416 e. The van der Waals surface area contributed by atoms with Gasteiger partial charge in [-0.3, -0.25) is 4.79 Å². The van der Waals surface area contributed by atoms with Crippen LogP contribution in [0.15, 0.2) is 77.9 Å². The summed E-state index contributed by atoms with van der Waals surface area (Å²) in [6.07, 6.45) is -4.32. The van der Waals surface area contributed by atoms with Crippen LogP contribution in [0, 0.1) is 5.41 Å². The Hall–Kier alpha value is -3.52. The SMILES string of the molecule is CC1=NN(c2ccccc2)C(=O)C12Cc1cc(C(F)(F)F)ccc1N1CCN(c3cccc(Cl)c3)CC12. The number of anilines is 3. The highest BCUT2D eigenvalue weighted by Crippen LogP contribution is 2.49. The molecule has 6 rings (SSSR count). The normalized spacial score (nSPS) is 23.3. The monoisotopic (exact) mass is 524 g/mol. The van der Waals surface area contributed by atoms with E-state index < -0.39 is 17.2 Å². The van der Waals surface area contributed by atoms with E-state index in [1.807, 2.05) is 61.5 Å². The number of para-hydroxylation sites is 1. The minimum absolute atomic E-state index is 0.147. The average Bonchev–Trinajstić information content (AvgIpc) is 3.13. The number of fused-ring (bicyclic) bond motifs is 4. The lowest BCUT2D eigenvalue weighted by Crippen LogP contribution is -2.67. The Labute approximate surface area is 217 Å². The summed E-state index contributed by atoms with van der Waals surface area (Å²) < 4.78 is 40.9. The fourth-order valence-electron chi connectivity index (χ4n) is 5.96. The quantitative estimate of drug-likeness (QED) is 0.411. The Bertz CT molecular complexity index is 1410. The van der Waals surface area contributed by atoms with Crippen LogP contribution in [0.4, 0.5) is 30.2 Å². The van der Waals surface area contributed by atoms with Gasteiger partial charge in [0.05, 0.1) is 23.0 Å². The van der Waals surface area contributed by atoms with E-state index in [1.54, 1.807) is 6.07 Å². The molecule has 9 heteroatoms. The van der Waals surface area contributed by atoms with Gasteiger partial charge in [0.15, 0.2) is 0 Å². The summed E-state index contributed by atoms with van der Waals surface area (Å²) in [5.41, 5.74) is 1.62. The van der Waals surface area contributed by atoms with Crippen LogP contribution < -0.4 is 14.8 Å². The lowest BCUT2D eigenvalue weighted by molar-refractivity contribution is -0.137. The van der Waals surface area contributed by atoms with Crippen LogP contribution in [0.2, 0.25) is 5.02 Å². The van der Waals surface area contributed by atoms with E-state index in [9.17, 15) is 18.0 Å². The zero-order chi connectivity index (χ0) is 25.9. The summed E-state index contributed by atoms with van der Waals surface area (Å²) in [6, 6.07) is 20.3. The van der Waals surface area contributed by atoms with Crippen LogP contribution in [0.25, 0.3) is 0 Å². The predicted octanol–water partition coefficient (Wildman–Crippen LogP) is 6.02. The number of piperazine rings is 1. The second-order valence-corrected chi connectivity index (χ2v) is 10.2. The molecule has 0 bridgehead atoms. The molecular weight excluding hydrogens is 501 g/mol. The maximum absolute atomic E-state index is 14.3. The lowest BCUT2D eigenvalue weighted by Gasteiger charge is -2.53. The molecule has 3 aromatic carbocycles. The molecule has 3 heterocycles. The Kier molecular flexibility index (Phi) is 5.49. The molecule has 0 aromatic heterocycles. The summed E-state index contributed by atoms with van der Waals surface area (Å²) in [6.45, 7) is 3.50. The van der Waals surface area contributed by atoms with E-state index in [2.05, 4.69) is 14.9 Å². The molecule has 1 spiro atoms. The van der Waals surface area contributed by atoms with Gasteiger partial charge in [-0.1, -0.05) is 35.9 Å². The van der Waals surface area contributed by atoms with Crippen LogP contribution in [0.5, 0.6) is 0 Å². The van der Waals surface area contributed by atoms with Crippen molar-refractivity contribution >= 4 is 40.3 Å². The summed E-state index contributed by atoms with van der Waals surface area (Å²) in [5, 5.41) is 6.70. The smallest absolute Gasteiger partial charge is 0.368 e. The summed E-state index contributed by atoms with van der Waals surface area (Å²) >= 11 is 6.27. The Balaban J connectivity index is 1.47. The van der Waals surface area contributed by atoms with Gasteiger partial charge in [-0.05, 0) is 67.4 Å². The topological polar surface area (TPSA) is 39.2 Å². The number of benzene rings is 3. The van der Waals surface area contributed by atoms with Crippen molar-refractivity contribution in [2.24, 2.45) is 10.5 Å². The minimum Gasteiger partial charge on any atom is -0.368 e. The van der Waals surface area contributed by atoms with E-state index in [-0.39, 0.29) is 18.4 Å². The van der Waals surface area contributed by atoms with Crippen molar-refractivity contribution in [1.82, 2.24) is 0 Å². The number of carbonyl (C=O) groups excluding carboxylic acids is 1. The van der Waals surface area contributed by atoms with Crippen molar-refractivity contribution < 1.29 is 18.0 Å². The first-order valence-electron chi connectivity index (χ1n) is 12.1. The zero-order valence-electron chi connectivity index (χ0n) is 20.0. The first-order chi connectivity index (χ1) is 17.7. The molecule has 1 saturated heterocycles. The molecule has 3 aliphatic heterocycles. The molecular formula is C28H24ClF3N4O. The van der Waals surface area contributed by atoms with Gasteiger partial charge in [0.25, 0.3) is 5.91 Å². The van der Waals surface area contributed by atoms with Gasteiger partial charge in [-0.2, -0.15) is 23.3 Å². The van der Waals surface area contributed by atoms with Crippen molar-refractivity contribution in [2.45, 2.75) is 25.6 Å². The minimum atomic E-state index is -4.47. The molecule has 0 radical (unpaired) electrons. The van der Waals surface area contributed by atoms with Crippen molar-refractivity contribution in [3.05, 3.63) is 88.9 Å². The number of alkyl halides is 3. The van der Waals surface area contributed by atoms with Crippen LogP contribution in [0.3, 0.4) is 0 Å². The third kappa shape index (κ3) is 3.77. The van der Waals surface area contributed by atoms with Gasteiger partial charge in [0, 0.05) is 36.0 Å². The van der Waals surface area contributed by atoms with Crippen LogP contribution in [0.1, 0.15) is 18.1 Å². The van der Waals surface area contributed by atoms with E-state index in [0.29, 0.717) is 41.6 Å². The molecule has 3 aliphatic rings. The summed E-state index contributed by atoms with van der Waals surface area (Å²) in [7, 11) is 0. The van der Waals surface area contributed by atoms with Gasteiger partial charge in [0.1, 0.15) is 5.41 Å². The van der Waals surface area contributed by atoms with Crippen molar-refractivity contribution in [3.63, 3.8) is 0 Å². The molecule has 1 fully saturated rings. The van der Waals surface area contributed by atoms with Crippen LogP contribution in [-0.4, -0.2) is 37.3 Å². The number of nitrogens with zero attached hydrogens (tertiary/aromatic N) is 4. The molecule has 0 aliphatic carbocycles. The molecule has 37 heavy (non-hydrogen) atoms. The van der Waals surface area contributed by atoms with E-state index in [4.69, 9.17) is 11.6 Å². The first kappa shape index (κ1) is 23.9. The fraction of sp³-hybridized carbons (Fsp3) is 0.286. The van der Waals surface area contributed by atoms with Crippen molar-refractivity contribution in [1.29, 1.82) is 0 Å². The second kappa shape index (κ2) is 8.52. The Morgan fingerprint density at radius 2 is 1.73 bits per heavy atom. The molecule has 0 N–H and O–H groups in total. The summed E-state index contributed by atoms with van der Waals surface area (Å²) in [5.74, 6) is -0.220. The number of hydrogen-bond acceptors (Lipinski definition) is 4. The number of hydrazone groups is 1. The highest BCUT2D eigenvalue weighted by Gasteiger charge is 2.60. The van der Waals surface area contributed by atoms with Gasteiger partial charge in [-0.15, -0.1) is 0 Å². The van der Waals surface area contributed by atoms with E-state index >= 15 is 0 Å².